The molecule has 6 heteroatoms. The second-order valence-electron chi connectivity index (χ2n) is 5.23. The first-order chi connectivity index (χ1) is 9.69. The molecule has 20 heavy (non-hydrogen) atoms. The summed E-state index contributed by atoms with van der Waals surface area (Å²) >= 11 is 0. The van der Waals surface area contributed by atoms with E-state index in [1.54, 1.807) is 18.3 Å². The Morgan fingerprint density at radius 1 is 1.45 bits per heavy atom. The first-order valence-corrected chi connectivity index (χ1v) is 6.81. The zero-order chi connectivity index (χ0) is 14.1. The summed E-state index contributed by atoms with van der Waals surface area (Å²) in [5.74, 6) is 0.550. The minimum atomic E-state index is -0.343. The molecule has 0 radical (unpaired) electrons. The van der Waals surface area contributed by atoms with E-state index >= 15 is 0 Å². The van der Waals surface area contributed by atoms with Crippen molar-refractivity contribution < 1.29 is 9.53 Å². The second-order valence-corrected chi connectivity index (χ2v) is 5.23. The topological polar surface area (TPSA) is 59.7 Å². The highest BCUT2D eigenvalue weighted by molar-refractivity contribution is 5.89. The molecular weight excluding hydrogens is 256 g/mol. The first kappa shape index (κ1) is 13.1. The third kappa shape index (κ3) is 2.27. The fourth-order valence-electron chi connectivity index (χ4n) is 2.76. The molecule has 1 aliphatic heterocycles. The fraction of sp³-hybridized carbons (Fsp3) is 0.500. The predicted octanol–water partition coefficient (Wildman–Crippen LogP) is 1.15. The summed E-state index contributed by atoms with van der Waals surface area (Å²) < 4.78 is 6.64. The van der Waals surface area contributed by atoms with Crippen LogP contribution in [0.25, 0.3) is 5.65 Å². The highest BCUT2D eigenvalue weighted by Gasteiger charge is 2.23. The maximum absolute atomic E-state index is 11.6. The average Bonchev–Trinajstić information content (AvgIpc) is 3.05. The molecule has 106 valence electrons. The van der Waals surface area contributed by atoms with Crippen molar-refractivity contribution in [3.63, 3.8) is 0 Å². The molecular formula is C14H18N4O2. The minimum absolute atomic E-state index is 0.343. The lowest BCUT2D eigenvalue weighted by atomic mass is 10.1. The van der Waals surface area contributed by atoms with Gasteiger partial charge in [-0.15, -0.1) is 10.2 Å². The average molecular weight is 274 g/mol. The molecule has 0 bridgehead atoms. The third-order valence-corrected chi connectivity index (χ3v) is 3.98. The number of methoxy groups -OCH3 is 1. The number of carbonyl (C=O) groups excluding carboxylic acids is 1. The Labute approximate surface area is 117 Å². The number of esters is 1. The molecule has 0 N–H and O–H groups in total. The van der Waals surface area contributed by atoms with Crippen LogP contribution in [0.2, 0.25) is 0 Å². The largest absolute Gasteiger partial charge is 0.465 e. The van der Waals surface area contributed by atoms with Crippen LogP contribution < -0.4 is 0 Å². The Morgan fingerprint density at radius 2 is 2.30 bits per heavy atom. The Bertz CT molecular complexity index is 637. The molecule has 1 unspecified atom stereocenters. The number of hydrogen-bond donors (Lipinski definition) is 0. The van der Waals surface area contributed by atoms with E-state index in [4.69, 9.17) is 4.74 Å². The molecule has 0 saturated carbocycles. The van der Waals surface area contributed by atoms with Crippen LogP contribution in [0.3, 0.4) is 0 Å². The van der Waals surface area contributed by atoms with Gasteiger partial charge >= 0.3 is 5.97 Å². The molecule has 0 aliphatic carbocycles. The van der Waals surface area contributed by atoms with Gasteiger partial charge in [-0.25, -0.2) is 4.79 Å². The van der Waals surface area contributed by atoms with Crippen LogP contribution in [0.5, 0.6) is 0 Å². The molecule has 0 amide bonds. The number of aromatic nitrogens is 3. The van der Waals surface area contributed by atoms with E-state index in [1.807, 2.05) is 4.40 Å². The van der Waals surface area contributed by atoms with Gasteiger partial charge in [0.1, 0.15) is 5.82 Å². The molecule has 1 saturated heterocycles. The number of rotatable bonds is 3. The number of nitrogens with zero attached hydrogens (tertiary/aromatic N) is 4. The molecule has 1 atom stereocenters. The molecule has 0 spiro atoms. The Hall–Kier alpha value is -1.95. The fourth-order valence-corrected chi connectivity index (χ4v) is 2.76. The van der Waals surface area contributed by atoms with E-state index in [0.29, 0.717) is 11.6 Å². The standard InChI is InChI=1S/C14H18N4O2/c1-17-7-3-4-11(17)8-13-16-15-12-6-5-10(9-18(12)13)14(19)20-2/h5-6,9,11H,3-4,7-8H2,1-2H3. The van der Waals surface area contributed by atoms with Crippen molar-refractivity contribution in [1.29, 1.82) is 0 Å². The summed E-state index contributed by atoms with van der Waals surface area (Å²) in [5.41, 5.74) is 1.27. The lowest BCUT2D eigenvalue weighted by Crippen LogP contribution is -2.27. The van der Waals surface area contributed by atoms with E-state index in [9.17, 15) is 4.79 Å². The smallest absolute Gasteiger partial charge is 0.339 e. The van der Waals surface area contributed by atoms with Gasteiger partial charge in [0.25, 0.3) is 0 Å². The van der Waals surface area contributed by atoms with Crippen molar-refractivity contribution in [1.82, 2.24) is 19.5 Å². The van der Waals surface area contributed by atoms with Gasteiger partial charge in [-0.2, -0.15) is 0 Å². The number of fused-ring (bicyclic) bond motifs is 1. The molecule has 6 nitrogen and oxygen atoms in total. The summed E-state index contributed by atoms with van der Waals surface area (Å²) in [6.45, 7) is 1.13. The van der Waals surface area contributed by atoms with Crippen LogP contribution in [0, 0.1) is 0 Å². The summed E-state index contributed by atoms with van der Waals surface area (Å²) in [6, 6.07) is 4.01. The highest BCUT2D eigenvalue weighted by Crippen LogP contribution is 2.19. The van der Waals surface area contributed by atoms with Gasteiger partial charge in [0, 0.05) is 18.7 Å². The Balaban J connectivity index is 1.92. The summed E-state index contributed by atoms with van der Waals surface area (Å²) in [4.78, 5) is 14.0. The van der Waals surface area contributed by atoms with E-state index in [1.165, 1.54) is 20.0 Å². The zero-order valence-corrected chi connectivity index (χ0v) is 11.7. The van der Waals surface area contributed by atoms with E-state index < -0.39 is 0 Å². The van der Waals surface area contributed by atoms with Crippen LogP contribution in [0.15, 0.2) is 18.3 Å². The third-order valence-electron chi connectivity index (χ3n) is 3.98. The van der Waals surface area contributed by atoms with Gasteiger partial charge < -0.3 is 9.64 Å². The van der Waals surface area contributed by atoms with Crippen molar-refractivity contribution in [2.24, 2.45) is 0 Å². The maximum Gasteiger partial charge on any atom is 0.339 e. The lowest BCUT2D eigenvalue weighted by Gasteiger charge is -2.18. The van der Waals surface area contributed by atoms with Gasteiger partial charge in [0.05, 0.1) is 12.7 Å². The van der Waals surface area contributed by atoms with Crippen LogP contribution in [-0.4, -0.2) is 52.2 Å². The molecule has 0 aromatic carbocycles. The van der Waals surface area contributed by atoms with Crippen molar-refractivity contribution in [3.8, 4) is 0 Å². The van der Waals surface area contributed by atoms with Gasteiger partial charge in [-0.3, -0.25) is 4.40 Å². The van der Waals surface area contributed by atoms with E-state index in [-0.39, 0.29) is 5.97 Å². The SMILES string of the molecule is COC(=O)c1ccc2nnc(CC3CCCN3C)n2c1. The van der Waals surface area contributed by atoms with Crippen molar-refractivity contribution in [2.75, 3.05) is 20.7 Å². The van der Waals surface area contributed by atoms with Gasteiger partial charge in [-0.1, -0.05) is 0 Å². The summed E-state index contributed by atoms with van der Waals surface area (Å²) in [7, 11) is 3.52. The van der Waals surface area contributed by atoms with Gasteiger partial charge in [-0.05, 0) is 38.6 Å². The molecule has 3 rings (SSSR count). The lowest BCUT2D eigenvalue weighted by molar-refractivity contribution is 0.0600. The Kier molecular flexibility index (Phi) is 3.40. The summed E-state index contributed by atoms with van der Waals surface area (Å²) in [6.07, 6.45) is 5.02. The second kappa shape index (κ2) is 5.20. The zero-order valence-electron chi connectivity index (χ0n) is 11.7. The van der Waals surface area contributed by atoms with Crippen molar-refractivity contribution in [3.05, 3.63) is 29.7 Å². The number of likely N-dealkylation sites (tertiary alicyclic amines) is 1. The van der Waals surface area contributed by atoms with Crippen LogP contribution >= 0.6 is 0 Å². The van der Waals surface area contributed by atoms with Crippen LogP contribution in [0.4, 0.5) is 0 Å². The van der Waals surface area contributed by atoms with Gasteiger partial charge in [0.15, 0.2) is 5.65 Å². The molecule has 3 heterocycles. The van der Waals surface area contributed by atoms with Crippen molar-refractivity contribution >= 4 is 11.6 Å². The Morgan fingerprint density at radius 3 is 3.00 bits per heavy atom. The van der Waals surface area contributed by atoms with E-state index in [2.05, 4.69) is 22.1 Å². The first-order valence-electron chi connectivity index (χ1n) is 6.81. The maximum atomic E-state index is 11.6. The highest BCUT2D eigenvalue weighted by atomic mass is 16.5. The number of likely N-dealkylation sites (N-methyl/N-ethyl adjacent to an activating group) is 1. The summed E-state index contributed by atoms with van der Waals surface area (Å²) in [5, 5.41) is 8.41. The number of ether oxygens (including phenoxy) is 1. The molecule has 1 fully saturated rings. The van der Waals surface area contributed by atoms with Crippen LogP contribution in [0.1, 0.15) is 29.0 Å². The molecule has 2 aromatic heterocycles. The quantitative estimate of drug-likeness (QED) is 0.786. The van der Waals surface area contributed by atoms with Gasteiger partial charge in [0.2, 0.25) is 0 Å². The molecule has 1 aliphatic rings. The number of pyridine rings is 1. The van der Waals surface area contributed by atoms with E-state index in [0.717, 1.165) is 24.4 Å². The minimum Gasteiger partial charge on any atom is -0.465 e. The number of carbonyl (C=O) groups is 1. The van der Waals surface area contributed by atoms with Crippen LogP contribution in [-0.2, 0) is 11.2 Å². The van der Waals surface area contributed by atoms with Crippen molar-refractivity contribution in [2.45, 2.75) is 25.3 Å². The normalized spacial score (nSPS) is 19.6. The monoisotopic (exact) mass is 274 g/mol. The molecule has 2 aromatic rings. The number of hydrogen-bond acceptors (Lipinski definition) is 5. The predicted molar refractivity (Wildman–Crippen MR) is 73.7 cm³/mol.